The van der Waals surface area contributed by atoms with E-state index in [-0.39, 0.29) is 17.7 Å². The highest BCUT2D eigenvalue weighted by atomic mass is 16.5. The molecular weight excluding hydrogens is 344 g/mol. The second-order valence-corrected chi connectivity index (χ2v) is 6.82. The number of rotatable bonds is 6. The molecule has 1 aliphatic heterocycles. The summed E-state index contributed by atoms with van der Waals surface area (Å²) in [5, 5.41) is 0. The van der Waals surface area contributed by atoms with Crippen molar-refractivity contribution in [2.75, 3.05) is 26.7 Å². The van der Waals surface area contributed by atoms with Crippen LogP contribution in [0, 0.1) is 5.92 Å². The van der Waals surface area contributed by atoms with Gasteiger partial charge in [-0.05, 0) is 49.6 Å². The first-order valence-electron chi connectivity index (χ1n) is 9.38. The zero-order valence-corrected chi connectivity index (χ0v) is 15.9. The van der Waals surface area contributed by atoms with Gasteiger partial charge in [-0.25, -0.2) is 0 Å². The summed E-state index contributed by atoms with van der Waals surface area (Å²) < 4.78 is 10.6. The van der Waals surface area contributed by atoms with Crippen LogP contribution < -0.4 is 4.74 Å². The molecule has 27 heavy (non-hydrogen) atoms. The minimum Gasteiger partial charge on any atom is -0.494 e. The summed E-state index contributed by atoms with van der Waals surface area (Å²) in [6.45, 7) is 4.31. The fourth-order valence-electron chi connectivity index (χ4n) is 3.41. The minimum atomic E-state index is -0.103. The van der Waals surface area contributed by atoms with Gasteiger partial charge in [-0.2, -0.15) is 0 Å². The molecule has 2 aromatic rings. The van der Waals surface area contributed by atoms with E-state index in [9.17, 15) is 9.59 Å². The number of carbonyl (C=O) groups is 2. The molecular formula is C21H26N2O4. The standard InChI is InChI=1S/C21H26N2O4/c1-3-26-18-8-6-16(7-9-18)15-22(2)20(24)17-10-12-23(13-11-17)21(25)19-5-4-14-27-19/h4-9,14,17H,3,10-13,15H2,1-2H3. The van der Waals surface area contributed by atoms with Crippen molar-refractivity contribution in [1.29, 1.82) is 0 Å². The topological polar surface area (TPSA) is 63.0 Å². The van der Waals surface area contributed by atoms with Gasteiger partial charge in [0.05, 0.1) is 12.9 Å². The monoisotopic (exact) mass is 370 g/mol. The van der Waals surface area contributed by atoms with E-state index < -0.39 is 0 Å². The van der Waals surface area contributed by atoms with Gasteiger partial charge in [0.15, 0.2) is 5.76 Å². The average Bonchev–Trinajstić information content (AvgIpc) is 3.23. The summed E-state index contributed by atoms with van der Waals surface area (Å²) in [6.07, 6.45) is 2.86. The van der Waals surface area contributed by atoms with Gasteiger partial charge < -0.3 is 19.0 Å². The van der Waals surface area contributed by atoms with E-state index in [1.54, 1.807) is 21.9 Å². The third kappa shape index (κ3) is 4.70. The SMILES string of the molecule is CCOc1ccc(CN(C)C(=O)C2CCN(C(=O)c3ccco3)CC2)cc1. The Kier molecular flexibility index (Phi) is 6.16. The van der Waals surface area contributed by atoms with E-state index >= 15 is 0 Å². The number of nitrogens with zero attached hydrogens (tertiary/aromatic N) is 2. The number of likely N-dealkylation sites (tertiary alicyclic amines) is 1. The highest BCUT2D eigenvalue weighted by Gasteiger charge is 2.30. The Bertz CT molecular complexity index is 747. The zero-order valence-electron chi connectivity index (χ0n) is 15.9. The molecule has 0 radical (unpaired) electrons. The van der Waals surface area contributed by atoms with Crippen LogP contribution >= 0.6 is 0 Å². The van der Waals surface area contributed by atoms with Gasteiger partial charge >= 0.3 is 0 Å². The number of ether oxygens (including phenoxy) is 1. The van der Waals surface area contributed by atoms with E-state index in [2.05, 4.69) is 0 Å². The number of hydrogen-bond acceptors (Lipinski definition) is 4. The fraction of sp³-hybridized carbons (Fsp3) is 0.429. The summed E-state index contributed by atoms with van der Waals surface area (Å²) >= 11 is 0. The number of carbonyl (C=O) groups excluding carboxylic acids is 2. The molecule has 0 aliphatic carbocycles. The Labute approximate surface area is 159 Å². The molecule has 2 amide bonds. The van der Waals surface area contributed by atoms with Crippen molar-refractivity contribution in [1.82, 2.24) is 9.80 Å². The predicted octanol–water partition coefficient (Wildman–Crippen LogP) is 3.19. The first-order chi connectivity index (χ1) is 13.1. The molecule has 0 N–H and O–H groups in total. The van der Waals surface area contributed by atoms with Crippen LogP contribution in [0.2, 0.25) is 0 Å². The summed E-state index contributed by atoms with van der Waals surface area (Å²) in [5.41, 5.74) is 1.07. The van der Waals surface area contributed by atoms with Gasteiger partial charge in [-0.1, -0.05) is 12.1 Å². The number of hydrogen-bond donors (Lipinski definition) is 0. The molecule has 0 spiro atoms. The third-order valence-corrected chi connectivity index (χ3v) is 4.89. The van der Waals surface area contributed by atoms with Crippen molar-refractivity contribution >= 4 is 11.8 Å². The minimum absolute atomic E-state index is 0.0432. The van der Waals surface area contributed by atoms with E-state index in [4.69, 9.17) is 9.15 Å². The van der Waals surface area contributed by atoms with Crippen LogP contribution in [0.5, 0.6) is 5.75 Å². The number of furan rings is 1. The normalized spacial score (nSPS) is 14.8. The van der Waals surface area contributed by atoms with Crippen molar-refractivity contribution < 1.29 is 18.7 Å². The second kappa shape index (κ2) is 8.75. The van der Waals surface area contributed by atoms with Crippen molar-refractivity contribution in [3.8, 4) is 5.75 Å². The van der Waals surface area contributed by atoms with Crippen LogP contribution in [0.3, 0.4) is 0 Å². The van der Waals surface area contributed by atoms with Crippen LogP contribution in [0.4, 0.5) is 0 Å². The molecule has 0 saturated carbocycles. The van der Waals surface area contributed by atoms with Gasteiger partial charge in [0.1, 0.15) is 5.75 Å². The molecule has 1 aliphatic rings. The molecule has 1 fully saturated rings. The first-order valence-corrected chi connectivity index (χ1v) is 9.38. The summed E-state index contributed by atoms with van der Waals surface area (Å²) in [5.74, 6) is 1.18. The van der Waals surface area contributed by atoms with Crippen LogP contribution in [0.1, 0.15) is 35.9 Å². The first kappa shape index (κ1) is 19.0. The van der Waals surface area contributed by atoms with Crippen molar-refractivity contribution in [3.63, 3.8) is 0 Å². The van der Waals surface area contributed by atoms with Gasteiger partial charge in [0.2, 0.25) is 5.91 Å². The molecule has 6 heteroatoms. The molecule has 0 atom stereocenters. The summed E-state index contributed by atoms with van der Waals surface area (Å²) in [7, 11) is 1.83. The highest BCUT2D eigenvalue weighted by Crippen LogP contribution is 2.22. The molecule has 6 nitrogen and oxygen atoms in total. The van der Waals surface area contributed by atoms with Gasteiger partial charge in [0.25, 0.3) is 5.91 Å². The maximum atomic E-state index is 12.8. The molecule has 0 unspecified atom stereocenters. The van der Waals surface area contributed by atoms with Crippen molar-refractivity contribution in [2.24, 2.45) is 5.92 Å². The fourth-order valence-corrected chi connectivity index (χ4v) is 3.41. The van der Waals surface area contributed by atoms with E-state index in [1.165, 1.54) is 6.26 Å². The highest BCUT2D eigenvalue weighted by molar-refractivity contribution is 5.91. The lowest BCUT2D eigenvalue weighted by atomic mass is 9.95. The molecule has 0 bridgehead atoms. The molecule has 3 rings (SSSR count). The number of benzene rings is 1. The maximum Gasteiger partial charge on any atom is 0.289 e. The van der Waals surface area contributed by atoms with Gasteiger partial charge in [0, 0.05) is 32.6 Å². The number of piperidine rings is 1. The van der Waals surface area contributed by atoms with E-state index in [0.717, 1.165) is 11.3 Å². The van der Waals surface area contributed by atoms with Gasteiger partial charge in [-0.15, -0.1) is 0 Å². The Balaban J connectivity index is 1.50. The smallest absolute Gasteiger partial charge is 0.289 e. The van der Waals surface area contributed by atoms with Crippen LogP contribution in [-0.2, 0) is 11.3 Å². The lowest BCUT2D eigenvalue weighted by molar-refractivity contribution is -0.136. The Morgan fingerprint density at radius 2 is 1.89 bits per heavy atom. The van der Waals surface area contributed by atoms with Gasteiger partial charge in [-0.3, -0.25) is 9.59 Å². The Morgan fingerprint density at radius 3 is 2.48 bits per heavy atom. The third-order valence-electron chi connectivity index (χ3n) is 4.89. The van der Waals surface area contributed by atoms with Crippen LogP contribution in [-0.4, -0.2) is 48.4 Å². The largest absolute Gasteiger partial charge is 0.494 e. The molecule has 1 aromatic carbocycles. The summed E-state index contributed by atoms with van der Waals surface area (Å²) in [4.78, 5) is 28.6. The lowest BCUT2D eigenvalue weighted by Crippen LogP contribution is -2.43. The molecule has 1 saturated heterocycles. The van der Waals surface area contributed by atoms with Crippen LogP contribution in [0.15, 0.2) is 47.1 Å². The Morgan fingerprint density at radius 1 is 1.19 bits per heavy atom. The molecule has 144 valence electrons. The average molecular weight is 370 g/mol. The maximum absolute atomic E-state index is 12.8. The predicted molar refractivity (Wildman–Crippen MR) is 101 cm³/mol. The molecule has 1 aromatic heterocycles. The van der Waals surface area contributed by atoms with Crippen molar-refractivity contribution in [3.05, 3.63) is 54.0 Å². The van der Waals surface area contributed by atoms with Crippen LogP contribution in [0.25, 0.3) is 0 Å². The van der Waals surface area contributed by atoms with E-state index in [0.29, 0.717) is 44.8 Å². The van der Waals surface area contributed by atoms with E-state index in [1.807, 2.05) is 38.2 Å². The Hall–Kier alpha value is -2.76. The molecule has 2 heterocycles. The summed E-state index contributed by atoms with van der Waals surface area (Å²) in [6, 6.07) is 11.2. The zero-order chi connectivity index (χ0) is 19.2. The second-order valence-electron chi connectivity index (χ2n) is 6.82. The van der Waals surface area contributed by atoms with Crippen molar-refractivity contribution in [2.45, 2.75) is 26.3 Å². The lowest BCUT2D eigenvalue weighted by Gasteiger charge is -2.32. The number of amides is 2. The quantitative estimate of drug-likeness (QED) is 0.783.